The van der Waals surface area contributed by atoms with Gasteiger partial charge in [0.05, 0.1) is 0 Å². The maximum absolute atomic E-state index is 12.7. The summed E-state index contributed by atoms with van der Waals surface area (Å²) in [6, 6.07) is 11.7. The molecule has 4 rings (SSSR count). The van der Waals surface area contributed by atoms with Crippen molar-refractivity contribution in [3.8, 4) is 11.5 Å². The molecule has 2 aromatic rings. The van der Waals surface area contributed by atoms with Crippen molar-refractivity contribution in [1.82, 2.24) is 0 Å². The molecule has 1 fully saturated rings. The molecule has 1 aliphatic carbocycles. The fraction of sp³-hybridized carbons (Fsp3) is 0.381. The van der Waals surface area contributed by atoms with E-state index in [2.05, 4.69) is 17.4 Å². The van der Waals surface area contributed by atoms with Gasteiger partial charge in [-0.1, -0.05) is 25.0 Å². The smallest absolute Gasteiger partial charge is 0.255 e. The molecular formula is C21H23NO3. The van der Waals surface area contributed by atoms with E-state index in [0.29, 0.717) is 30.6 Å². The van der Waals surface area contributed by atoms with Gasteiger partial charge in [0.2, 0.25) is 0 Å². The number of nitrogens with one attached hydrogen (secondary N) is 1. The molecule has 1 amide bonds. The minimum atomic E-state index is -0.0906. The van der Waals surface area contributed by atoms with Gasteiger partial charge in [-0.05, 0) is 55.0 Å². The van der Waals surface area contributed by atoms with Crippen LogP contribution in [0, 0.1) is 6.92 Å². The monoisotopic (exact) mass is 337 g/mol. The third kappa shape index (κ3) is 3.34. The Morgan fingerprint density at radius 1 is 1.00 bits per heavy atom. The number of fused-ring (bicyclic) bond motifs is 1. The number of amides is 1. The fourth-order valence-electron chi connectivity index (χ4n) is 3.77. The van der Waals surface area contributed by atoms with Gasteiger partial charge in [0.15, 0.2) is 11.5 Å². The molecule has 1 N–H and O–H groups in total. The molecule has 0 unspecified atom stereocenters. The Balaban J connectivity index is 1.51. The molecule has 2 aromatic carbocycles. The Morgan fingerprint density at radius 3 is 2.52 bits per heavy atom. The van der Waals surface area contributed by atoms with Crippen molar-refractivity contribution in [2.45, 2.75) is 38.5 Å². The number of rotatable bonds is 3. The summed E-state index contributed by atoms with van der Waals surface area (Å²) < 4.78 is 11.1. The first-order chi connectivity index (χ1) is 12.2. The largest absolute Gasteiger partial charge is 0.486 e. The van der Waals surface area contributed by atoms with E-state index in [4.69, 9.17) is 9.47 Å². The quantitative estimate of drug-likeness (QED) is 0.885. The Kier molecular flexibility index (Phi) is 4.35. The van der Waals surface area contributed by atoms with E-state index in [1.807, 2.05) is 31.2 Å². The van der Waals surface area contributed by atoms with Crippen LogP contribution in [0.25, 0.3) is 0 Å². The highest BCUT2D eigenvalue weighted by Gasteiger charge is 2.19. The average Bonchev–Trinajstić information content (AvgIpc) is 3.16. The summed E-state index contributed by atoms with van der Waals surface area (Å²) in [4.78, 5) is 12.7. The van der Waals surface area contributed by atoms with Gasteiger partial charge < -0.3 is 14.8 Å². The van der Waals surface area contributed by atoms with Crippen LogP contribution >= 0.6 is 0 Å². The van der Waals surface area contributed by atoms with Crippen molar-refractivity contribution < 1.29 is 14.3 Å². The van der Waals surface area contributed by atoms with Gasteiger partial charge in [-0.25, -0.2) is 0 Å². The van der Waals surface area contributed by atoms with Crippen molar-refractivity contribution in [2.24, 2.45) is 0 Å². The SMILES string of the molecule is Cc1cc(C2CCCC2)ccc1C(=O)Nc1ccc2c(c1)OCCO2. The van der Waals surface area contributed by atoms with Crippen molar-refractivity contribution in [3.05, 3.63) is 53.1 Å². The van der Waals surface area contributed by atoms with Crippen molar-refractivity contribution >= 4 is 11.6 Å². The van der Waals surface area contributed by atoms with Crippen molar-refractivity contribution in [1.29, 1.82) is 0 Å². The third-order valence-electron chi connectivity index (χ3n) is 5.12. The Bertz CT molecular complexity index is 794. The van der Waals surface area contributed by atoms with E-state index in [1.54, 1.807) is 0 Å². The van der Waals surface area contributed by atoms with E-state index in [-0.39, 0.29) is 5.91 Å². The first-order valence-electron chi connectivity index (χ1n) is 9.02. The number of ether oxygens (including phenoxy) is 2. The molecule has 0 bridgehead atoms. The molecule has 0 atom stereocenters. The van der Waals surface area contributed by atoms with Crippen molar-refractivity contribution in [3.63, 3.8) is 0 Å². The van der Waals surface area contributed by atoms with Gasteiger partial charge in [-0.2, -0.15) is 0 Å². The predicted octanol–water partition coefficient (Wildman–Crippen LogP) is 4.68. The minimum Gasteiger partial charge on any atom is -0.486 e. The van der Waals surface area contributed by atoms with Crippen LogP contribution in [0.2, 0.25) is 0 Å². The molecule has 4 nitrogen and oxygen atoms in total. The van der Waals surface area contributed by atoms with Gasteiger partial charge in [0.1, 0.15) is 13.2 Å². The number of carbonyl (C=O) groups excluding carboxylic acids is 1. The number of hydrogen-bond acceptors (Lipinski definition) is 3. The van der Waals surface area contributed by atoms with Gasteiger partial charge in [-0.15, -0.1) is 0 Å². The molecular weight excluding hydrogens is 314 g/mol. The second-order valence-corrected chi connectivity index (χ2v) is 6.87. The Morgan fingerprint density at radius 2 is 1.76 bits per heavy atom. The number of benzene rings is 2. The third-order valence-corrected chi connectivity index (χ3v) is 5.12. The van der Waals surface area contributed by atoms with Gasteiger partial charge in [0.25, 0.3) is 5.91 Å². The maximum atomic E-state index is 12.7. The molecule has 1 aliphatic heterocycles. The van der Waals surface area contributed by atoms with Gasteiger partial charge in [0, 0.05) is 17.3 Å². The van der Waals surface area contributed by atoms with Crippen LogP contribution in [0.3, 0.4) is 0 Å². The van der Waals surface area contributed by atoms with Crippen LogP contribution in [0.15, 0.2) is 36.4 Å². The zero-order valence-electron chi connectivity index (χ0n) is 14.5. The lowest BCUT2D eigenvalue weighted by molar-refractivity contribution is 0.102. The summed E-state index contributed by atoms with van der Waals surface area (Å²) in [6.45, 7) is 3.11. The molecule has 4 heteroatoms. The summed E-state index contributed by atoms with van der Waals surface area (Å²) in [5.74, 6) is 1.97. The molecule has 0 aromatic heterocycles. The molecule has 0 saturated heterocycles. The molecule has 0 spiro atoms. The number of anilines is 1. The summed E-state index contributed by atoms with van der Waals surface area (Å²) >= 11 is 0. The predicted molar refractivity (Wildman–Crippen MR) is 97.8 cm³/mol. The van der Waals surface area contributed by atoms with Crippen molar-refractivity contribution in [2.75, 3.05) is 18.5 Å². The molecule has 130 valence electrons. The van der Waals surface area contributed by atoms with E-state index < -0.39 is 0 Å². The van der Waals surface area contributed by atoms with Gasteiger partial charge in [-0.3, -0.25) is 4.79 Å². The second-order valence-electron chi connectivity index (χ2n) is 6.87. The van der Waals surface area contributed by atoms with E-state index in [1.165, 1.54) is 31.2 Å². The molecule has 2 aliphatic rings. The van der Waals surface area contributed by atoms with Gasteiger partial charge >= 0.3 is 0 Å². The fourth-order valence-corrected chi connectivity index (χ4v) is 3.77. The molecule has 1 saturated carbocycles. The topological polar surface area (TPSA) is 47.6 Å². The number of carbonyl (C=O) groups is 1. The zero-order valence-corrected chi connectivity index (χ0v) is 14.5. The second kappa shape index (κ2) is 6.79. The highest BCUT2D eigenvalue weighted by atomic mass is 16.6. The lowest BCUT2D eigenvalue weighted by Crippen LogP contribution is -2.17. The van der Waals surface area contributed by atoms with Crippen LogP contribution in [-0.2, 0) is 0 Å². The normalized spacial score (nSPS) is 16.7. The number of aryl methyl sites for hydroxylation is 1. The molecule has 0 radical (unpaired) electrons. The summed E-state index contributed by atoms with van der Waals surface area (Å²) in [5.41, 5.74) is 3.83. The zero-order chi connectivity index (χ0) is 17.2. The standard InChI is InChI=1S/C21H23NO3/c1-14-12-16(15-4-2-3-5-15)6-8-18(14)21(23)22-17-7-9-19-20(13-17)25-11-10-24-19/h6-9,12-13,15H,2-5,10-11H2,1H3,(H,22,23). The average molecular weight is 337 g/mol. The molecule has 1 heterocycles. The molecule has 25 heavy (non-hydrogen) atoms. The summed E-state index contributed by atoms with van der Waals surface area (Å²) in [7, 11) is 0. The van der Waals surface area contributed by atoms with E-state index in [0.717, 1.165) is 16.9 Å². The first-order valence-corrected chi connectivity index (χ1v) is 9.02. The van der Waals surface area contributed by atoms with E-state index in [9.17, 15) is 4.79 Å². The lowest BCUT2D eigenvalue weighted by atomic mass is 9.94. The van der Waals surface area contributed by atoms with Crippen LogP contribution in [0.4, 0.5) is 5.69 Å². The van der Waals surface area contributed by atoms with Crippen LogP contribution < -0.4 is 14.8 Å². The summed E-state index contributed by atoms with van der Waals surface area (Å²) in [5, 5.41) is 2.96. The Labute approximate surface area is 148 Å². The highest BCUT2D eigenvalue weighted by Crippen LogP contribution is 2.35. The maximum Gasteiger partial charge on any atom is 0.255 e. The lowest BCUT2D eigenvalue weighted by Gasteiger charge is -2.19. The summed E-state index contributed by atoms with van der Waals surface area (Å²) in [6.07, 6.45) is 5.16. The minimum absolute atomic E-state index is 0.0906. The highest BCUT2D eigenvalue weighted by molar-refractivity contribution is 6.05. The Hall–Kier alpha value is -2.49. The van der Waals surface area contributed by atoms with Crippen LogP contribution in [0.5, 0.6) is 11.5 Å². The van der Waals surface area contributed by atoms with Crippen LogP contribution in [0.1, 0.15) is 53.1 Å². The first kappa shape index (κ1) is 16.0. The van der Waals surface area contributed by atoms with E-state index >= 15 is 0 Å². The number of hydrogen-bond donors (Lipinski definition) is 1. The van der Waals surface area contributed by atoms with Crippen LogP contribution in [-0.4, -0.2) is 19.1 Å².